The number of aromatic hydroxyl groups is 1. The number of aromatic nitrogens is 2. The molecule has 6 N–H and O–H groups in total. The lowest BCUT2D eigenvalue weighted by Crippen LogP contribution is -2.65. The summed E-state index contributed by atoms with van der Waals surface area (Å²) in [5.41, 5.74) is 3.73. The van der Waals surface area contributed by atoms with Gasteiger partial charge in [-0.05, 0) is 56.6 Å². The first kappa shape index (κ1) is 23.8. The summed E-state index contributed by atoms with van der Waals surface area (Å²) in [4.78, 5) is 40.5. The van der Waals surface area contributed by atoms with Crippen molar-refractivity contribution < 1.29 is 34.8 Å². The van der Waals surface area contributed by atoms with Crippen LogP contribution < -0.4 is 5.73 Å². The summed E-state index contributed by atoms with van der Waals surface area (Å²) in [6, 6.07) is 3.75. The zero-order chi connectivity index (χ0) is 26.3. The van der Waals surface area contributed by atoms with Gasteiger partial charge in [0, 0.05) is 30.3 Å². The summed E-state index contributed by atoms with van der Waals surface area (Å²) in [5.74, 6) is -6.72. The van der Waals surface area contributed by atoms with Crippen molar-refractivity contribution in [2.45, 2.75) is 24.5 Å². The number of benzene rings is 1. The molecule has 3 aliphatic rings. The Balaban J connectivity index is 1.76. The van der Waals surface area contributed by atoms with Gasteiger partial charge in [0.2, 0.25) is 5.78 Å². The lowest BCUT2D eigenvalue weighted by Gasteiger charge is -2.50. The maximum absolute atomic E-state index is 13.8. The SMILES string of the molecule is CN(C)[C@H]1C(=O)C(C(N)=O)=C(O)[C@@]2(O)C(=O)C3=C(O)c4c(O)ccc(-c5ccnn5C)c4C[C@H]3C[C@@H]12. The molecule has 1 aromatic heterocycles. The van der Waals surface area contributed by atoms with E-state index in [2.05, 4.69) is 5.10 Å². The molecule has 0 aliphatic heterocycles. The molecular formula is C25H26N4O7. The van der Waals surface area contributed by atoms with E-state index in [1.807, 2.05) is 0 Å². The molecule has 36 heavy (non-hydrogen) atoms. The number of phenols is 1. The molecule has 188 valence electrons. The highest BCUT2D eigenvalue weighted by molar-refractivity contribution is 6.24. The molecule has 11 nitrogen and oxygen atoms in total. The number of fused-ring (bicyclic) bond motifs is 3. The van der Waals surface area contributed by atoms with Crippen LogP contribution in [0.4, 0.5) is 0 Å². The molecule has 4 atom stereocenters. The van der Waals surface area contributed by atoms with Gasteiger partial charge in [-0.1, -0.05) is 0 Å². The Bertz CT molecular complexity index is 1420. The second-order valence-corrected chi connectivity index (χ2v) is 9.79. The van der Waals surface area contributed by atoms with E-state index in [1.165, 1.54) is 11.0 Å². The fourth-order valence-electron chi connectivity index (χ4n) is 6.12. The van der Waals surface area contributed by atoms with Crippen molar-refractivity contribution in [1.82, 2.24) is 14.7 Å². The van der Waals surface area contributed by atoms with E-state index in [1.54, 1.807) is 44.2 Å². The lowest BCUT2D eigenvalue weighted by atomic mass is 9.57. The molecule has 0 bridgehead atoms. The first-order chi connectivity index (χ1) is 16.9. The molecule has 0 unspecified atom stereocenters. The van der Waals surface area contributed by atoms with E-state index < -0.39 is 58.0 Å². The molecule has 3 aliphatic carbocycles. The number of likely N-dealkylation sites (N-methyl/N-ethyl adjacent to an activating group) is 1. The highest BCUT2D eigenvalue weighted by atomic mass is 16.3. The molecule has 1 aromatic carbocycles. The third-order valence-corrected chi connectivity index (χ3v) is 7.70. The van der Waals surface area contributed by atoms with E-state index in [9.17, 15) is 34.8 Å². The highest BCUT2D eigenvalue weighted by Crippen LogP contribution is 2.53. The smallest absolute Gasteiger partial charge is 0.255 e. The normalized spacial score (nSPS) is 27.8. The number of primary amides is 1. The minimum absolute atomic E-state index is 0.0340. The van der Waals surface area contributed by atoms with Gasteiger partial charge in [-0.25, -0.2) is 0 Å². The minimum Gasteiger partial charge on any atom is -0.508 e. The number of aliphatic hydroxyl groups is 3. The van der Waals surface area contributed by atoms with Crippen LogP contribution in [0.15, 0.2) is 41.3 Å². The van der Waals surface area contributed by atoms with Gasteiger partial charge in [-0.2, -0.15) is 5.10 Å². The molecule has 11 heteroatoms. The van der Waals surface area contributed by atoms with E-state index >= 15 is 0 Å². The number of carbonyl (C=O) groups excluding carboxylic acids is 3. The molecule has 1 saturated carbocycles. The number of nitrogens with zero attached hydrogens (tertiary/aromatic N) is 3. The topological polar surface area (TPSA) is 179 Å². The van der Waals surface area contributed by atoms with Crippen LogP contribution in [0.2, 0.25) is 0 Å². The van der Waals surface area contributed by atoms with Gasteiger partial charge < -0.3 is 26.2 Å². The second-order valence-electron chi connectivity index (χ2n) is 9.79. The fourth-order valence-corrected chi connectivity index (χ4v) is 6.12. The Labute approximate surface area is 205 Å². The number of rotatable bonds is 3. The number of nitrogens with two attached hydrogens (primary N) is 1. The van der Waals surface area contributed by atoms with Crippen molar-refractivity contribution in [3.8, 4) is 17.0 Å². The number of phenolic OH excluding ortho intramolecular Hbond substituents is 1. The number of hydrogen-bond acceptors (Lipinski definition) is 9. The zero-order valence-electron chi connectivity index (χ0n) is 19.9. The Morgan fingerprint density at radius 1 is 1.19 bits per heavy atom. The Kier molecular flexibility index (Phi) is 5.13. The summed E-state index contributed by atoms with van der Waals surface area (Å²) in [6.45, 7) is 0. The Hall–Kier alpha value is -3.96. The number of Topliss-reactive ketones (excluding diaryl/α,β-unsaturated/α-hetero) is 2. The van der Waals surface area contributed by atoms with Crippen molar-refractivity contribution in [2.24, 2.45) is 24.6 Å². The summed E-state index contributed by atoms with van der Waals surface area (Å²) in [6.07, 6.45) is 1.86. The zero-order valence-corrected chi connectivity index (χ0v) is 19.9. The molecule has 0 radical (unpaired) electrons. The van der Waals surface area contributed by atoms with Crippen molar-refractivity contribution in [2.75, 3.05) is 14.1 Å². The Morgan fingerprint density at radius 2 is 1.89 bits per heavy atom. The molecule has 1 fully saturated rings. The predicted molar refractivity (Wildman–Crippen MR) is 126 cm³/mol. The summed E-state index contributed by atoms with van der Waals surface area (Å²) in [7, 11) is 4.88. The van der Waals surface area contributed by atoms with Crippen molar-refractivity contribution in [1.29, 1.82) is 0 Å². The monoisotopic (exact) mass is 494 g/mol. The lowest BCUT2D eigenvalue weighted by molar-refractivity contribution is -0.153. The number of hydrogen-bond donors (Lipinski definition) is 5. The first-order valence-electron chi connectivity index (χ1n) is 11.4. The van der Waals surface area contributed by atoms with Gasteiger partial charge >= 0.3 is 0 Å². The minimum atomic E-state index is -2.65. The summed E-state index contributed by atoms with van der Waals surface area (Å²) >= 11 is 0. The third kappa shape index (κ3) is 2.93. The summed E-state index contributed by atoms with van der Waals surface area (Å²) < 4.78 is 1.64. The highest BCUT2D eigenvalue weighted by Gasteiger charge is 2.64. The number of carbonyl (C=O) groups is 3. The van der Waals surface area contributed by atoms with E-state index in [0.717, 1.165) is 5.69 Å². The van der Waals surface area contributed by atoms with E-state index in [-0.39, 0.29) is 29.7 Å². The van der Waals surface area contributed by atoms with Crippen LogP contribution >= 0.6 is 0 Å². The quantitative estimate of drug-likeness (QED) is 0.377. The predicted octanol–water partition coefficient (Wildman–Crippen LogP) is 0.365. The fraction of sp³-hybridized carbons (Fsp3) is 0.360. The standard InChI is InChI=1S/C25H26N4O7/c1-28(2)19-13-9-10-8-12-11(14-6-7-27-29(14)3)4-5-15(30)17(12)20(31)16(10)22(33)25(13,36)23(34)18(21(19)32)24(26)35/h4-7,10,13,19,30-31,34,36H,8-9H2,1-3H3,(H2,26,35)/t10-,13-,19+,25-/m0/s1. The molecule has 0 spiro atoms. The van der Waals surface area contributed by atoms with Crippen molar-refractivity contribution in [3.63, 3.8) is 0 Å². The van der Waals surface area contributed by atoms with Crippen LogP contribution in [-0.4, -0.2) is 78.3 Å². The molecule has 0 saturated heterocycles. The van der Waals surface area contributed by atoms with Crippen LogP contribution in [0, 0.1) is 11.8 Å². The maximum Gasteiger partial charge on any atom is 0.255 e. The first-order valence-corrected chi connectivity index (χ1v) is 11.4. The largest absolute Gasteiger partial charge is 0.508 e. The van der Waals surface area contributed by atoms with Gasteiger partial charge in [0.1, 0.15) is 22.8 Å². The van der Waals surface area contributed by atoms with E-state index in [4.69, 9.17) is 5.73 Å². The van der Waals surface area contributed by atoms with Gasteiger partial charge in [0.25, 0.3) is 5.91 Å². The number of aryl methyl sites for hydroxylation is 1. The van der Waals surface area contributed by atoms with Crippen LogP contribution in [0.3, 0.4) is 0 Å². The number of ketones is 2. The Morgan fingerprint density at radius 3 is 2.47 bits per heavy atom. The van der Waals surface area contributed by atoms with Crippen molar-refractivity contribution >= 4 is 23.2 Å². The van der Waals surface area contributed by atoms with Gasteiger partial charge in [-0.3, -0.25) is 24.0 Å². The van der Waals surface area contributed by atoms with Crippen molar-refractivity contribution in [3.05, 3.63) is 52.4 Å². The van der Waals surface area contributed by atoms with Crippen LogP contribution in [-0.2, 0) is 27.9 Å². The maximum atomic E-state index is 13.8. The van der Waals surface area contributed by atoms with Crippen LogP contribution in [0.5, 0.6) is 5.75 Å². The average Bonchev–Trinajstić information content (AvgIpc) is 3.21. The van der Waals surface area contributed by atoms with Gasteiger partial charge in [-0.15, -0.1) is 0 Å². The average molecular weight is 495 g/mol. The molecular weight excluding hydrogens is 468 g/mol. The van der Waals surface area contributed by atoms with Gasteiger partial charge in [0.15, 0.2) is 11.4 Å². The number of aliphatic hydroxyl groups excluding tert-OH is 2. The molecule has 2 aromatic rings. The molecule has 1 amide bonds. The van der Waals surface area contributed by atoms with E-state index in [0.29, 0.717) is 11.1 Å². The van der Waals surface area contributed by atoms with Crippen LogP contribution in [0.25, 0.3) is 17.0 Å². The second kappa shape index (κ2) is 7.77. The number of amides is 1. The van der Waals surface area contributed by atoms with Gasteiger partial charge in [0.05, 0.1) is 17.3 Å². The van der Waals surface area contributed by atoms with Crippen LogP contribution in [0.1, 0.15) is 17.5 Å². The summed E-state index contributed by atoms with van der Waals surface area (Å²) in [5, 5.41) is 48.6. The molecule has 5 rings (SSSR count). The third-order valence-electron chi connectivity index (χ3n) is 7.70. The molecule has 1 heterocycles.